The second-order valence-corrected chi connectivity index (χ2v) is 6.32. The normalized spacial score (nSPS) is 32.0. The number of hydrogen-bond acceptors (Lipinski definition) is 1. The first kappa shape index (κ1) is 10.9. The summed E-state index contributed by atoms with van der Waals surface area (Å²) in [6, 6.07) is 6.78. The Bertz CT molecular complexity index is 407. The number of rotatable bonds is 2. The van der Waals surface area contributed by atoms with E-state index in [9.17, 15) is 0 Å². The molecule has 0 aromatic heterocycles. The maximum absolute atomic E-state index is 5.99. The Hall–Kier alpha value is -0.210. The Morgan fingerprint density at radius 2 is 2.12 bits per heavy atom. The molecule has 2 aliphatic carbocycles. The van der Waals surface area contributed by atoms with E-state index in [1.807, 2.05) is 6.07 Å². The zero-order valence-corrected chi connectivity index (χ0v) is 11.4. The Kier molecular flexibility index (Phi) is 2.88. The van der Waals surface area contributed by atoms with Gasteiger partial charge in [0.1, 0.15) is 0 Å². The molecular formula is C13H15BrClN. The highest BCUT2D eigenvalue weighted by molar-refractivity contribution is 9.10. The van der Waals surface area contributed by atoms with Gasteiger partial charge in [0, 0.05) is 16.2 Å². The van der Waals surface area contributed by atoms with Gasteiger partial charge in [-0.3, -0.25) is 0 Å². The summed E-state index contributed by atoms with van der Waals surface area (Å²) in [6.07, 6.45) is 5.65. The van der Waals surface area contributed by atoms with Crippen LogP contribution in [-0.4, -0.2) is 6.04 Å². The third-order valence-corrected chi connectivity index (χ3v) is 5.22. The second kappa shape index (κ2) is 4.23. The molecule has 0 radical (unpaired) electrons. The molecule has 0 aliphatic heterocycles. The third kappa shape index (κ3) is 1.98. The molecule has 3 heteroatoms. The minimum atomic E-state index is 0.687. The molecule has 3 atom stereocenters. The van der Waals surface area contributed by atoms with E-state index in [1.54, 1.807) is 0 Å². The van der Waals surface area contributed by atoms with Crippen LogP contribution in [0.2, 0.25) is 5.02 Å². The average molecular weight is 301 g/mol. The molecule has 86 valence electrons. The van der Waals surface area contributed by atoms with E-state index in [0.717, 1.165) is 21.3 Å². The van der Waals surface area contributed by atoms with Gasteiger partial charge in [0.15, 0.2) is 0 Å². The predicted octanol–water partition coefficient (Wildman–Crippen LogP) is 4.70. The molecule has 0 amide bonds. The van der Waals surface area contributed by atoms with Crippen LogP contribution in [0.3, 0.4) is 0 Å². The summed E-state index contributed by atoms with van der Waals surface area (Å²) in [7, 11) is 0. The highest BCUT2D eigenvalue weighted by Crippen LogP contribution is 2.45. The molecule has 1 nitrogen and oxygen atoms in total. The van der Waals surface area contributed by atoms with Crippen molar-refractivity contribution in [2.24, 2.45) is 11.8 Å². The summed E-state index contributed by atoms with van der Waals surface area (Å²) >= 11 is 9.45. The third-order valence-electron chi connectivity index (χ3n) is 4.01. The van der Waals surface area contributed by atoms with Crippen molar-refractivity contribution in [3.05, 3.63) is 27.7 Å². The molecule has 0 heterocycles. The fraction of sp³-hybridized carbons (Fsp3) is 0.538. The van der Waals surface area contributed by atoms with Crippen molar-refractivity contribution < 1.29 is 0 Å². The van der Waals surface area contributed by atoms with Crippen LogP contribution in [0.5, 0.6) is 0 Å². The van der Waals surface area contributed by atoms with E-state index in [1.165, 1.54) is 31.4 Å². The number of hydrogen-bond donors (Lipinski definition) is 1. The van der Waals surface area contributed by atoms with Crippen LogP contribution < -0.4 is 5.32 Å². The largest absolute Gasteiger partial charge is 0.382 e. The summed E-state index contributed by atoms with van der Waals surface area (Å²) in [6.45, 7) is 0. The smallest absolute Gasteiger partial charge is 0.0549 e. The zero-order chi connectivity index (χ0) is 11.1. The SMILES string of the molecule is Clc1ccc(NC2CC3CCC2C3)cc1Br. The Labute approximate surface area is 110 Å². The molecule has 2 fully saturated rings. The summed E-state index contributed by atoms with van der Waals surface area (Å²) in [5, 5.41) is 4.43. The van der Waals surface area contributed by atoms with E-state index < -0.39 is 0 Å². The van der Waals surface area contributed by atoms with Crippen LogP contribution in [0.4, 0.5) is 5.69 Å². The molecule has 1 N–H and O–H groups in total. The topological polar surface area (TPSA) is 12.0 Å². The lowest BCUT2D eigenvalue weighted by molar-refractivity contribution is 0.440. The number of halogens is 2. The fourth-order valence-electron chi connectivity index (χ4n) is 3.22. The van der Waals surface area contributed by atoms with Gasteiger partial charge in [0.2, 0.25) is 0 Å². The molecule has 0 saturated heterocycles. The summed E-state index contributed by atoms with van der Waals surface area (Å²) in [4.78, 5) is 0. The van der Waals surface area contributed by atoms with Crippen molar-refractivity contribution in [1.29, 1.82) is 0 Å². The zero-order valence-electron chi connectivity index (χ0n) is 9.05. The monoisotopic (exact) mass is 299 g/mol. The summed E-state index contributed by atoms with van der Waals surface area (Å²) in [5.41, 5.74) is 1.19. The van der Waals surface area contributed by atoms with Gasteiger partial charge in [-0.2, -0.15) is 0 Å². The second-order valence-electron chi connectivity index (χ2n) is 5.05. The van der Waals surface area contributed by atoms with Crippen molar-refractivity contribution in [3.8, 4) is 0 Å². The molecule has 1 aromatic carbocycles. The Morgan fingerprint density at radius 1 is 1.25 bits per heavy atom. The van der Waals surface area contributed by atoms with Crippen molar-refractivity contribution in [1.82, 2.24) is 0 Å². The number of anilines is 1. The van der Waals surface area contributed by atoms with Crippen LogP contribution in [0, 0.1) is 11.8 Å². The maximum Gasteiger partial charge on any atom is 0.0549 e. The van der Waals surface area contributed by atoms with Crippen LogP contribution in [0.1, 0.15) is 25.7 Å². The highest BCUT2D eigenvalue weighted by atomic mass is 79.9. The molecule has 0 spiro atoms. The van der Waals surface area contributed by atoms with Crippen molar-refractivity contribution in [3.63, 3.8) is 0 Å². The predicted molar refractivity (Wildman–Crippen MR) is 72.0 cm³/mol. The van der Waals surface area contributed by atoms with Crippen LogP contribution >= 0.6 is 27.5 Å². The molecule has 2 aliphatic rings. The number of nitrogens with one attached hydrogen (secondary N) is 1. The molecule has 3 unspecified atom stereocenters. The summed E-state index contributed by atoms with van der Waals surface area (Å²) in [5.74, 6) is 1.89. The van der Waals surface area contributed by atoms with Crippen LogP contribution in [0.25, 0.3) is 0 Å². The quantitative estimate of drug-likeness (QED) is 0.834. The minimum Gasteiger partial charge on any atom is -0.382 e. The van der Waals surface area contributed by atoms with Crippen molar-refractivity contribution >= 4 is 33.2 Å². The van der Waals surface area contributed by atoms with Crippen LogP contribution in [0.15, 0.2) is 22.7 Å². The molecule has 2 saturated carbocycles. The Balaban J connectivity index is 1.72. The number of fused-ring (bicyclic) bond motifs is 2. The molecule has 16 heavy (non-hydrogen) atoms. The lowest BCUT2D eigenvalue weighted by Gasteiger charge is -2.24. The first-order chi connectivity index (χ1) is 7.72. The fourth-order valence-corrected chi connectivity index (χ4v) is 3.72. The van der Waals surface area contributed by atoms with Gasteiger partial charge in [0.25, 0.3) is 0 Å². The van der Waals surface area contributed by atoms with Gasteiger partial charge < -0.3 is 5.32 Å². The van der Waals surface area contributed by atoms with Crippen LogP contribution in [-0.2, 0) is 0 Å². The standard InChI is InChI=1S/C13H15BrClN/c14-11-7-10(3-4-12(11)15)16-13-6-8-1-2-9(13)5-8/h3-4,7-9,13,16H,1-2,5-6H2. The average Bonchev–Trinajstić information content (AvgIpc) is 2.85. The molecule has 3 rings (SSSR count). The van der Waals surface area contributed by atoms with Gasteiger partial charge in [-0.15, -0.1) is 0 Å². The molecule has 2 bridgehead atoms. The molecular weight excluding hydrogens is 286 g/mol. The maximum atomic E-state index is 5.99. The van der Waals surface area contributed by atoms with Gasteiger partial charge in [-0.1, -0.05) is 18.0 Å². The summed E-state index contributed by atoms with van der Waals surface area (Å²) < 4.78 is 0.974. The number of benzene rings is 1. The Morgan fingerprint density at radius 3 is 2.75 bits per heavy atom. The van der Waals surface area contributed by atoms with Gasteiger partial charge >= 0.3 is 0 Å². The lowest BCUT2D eigenvalue weighted by Crippen LogP contribution is -2.25. The first-order valence-corrected chi connectivity index (χ1v) is 7.11. The van der Waals surface area contributed by atoms with E-state index in [0.29, 0.717) is 6.04 Å². The van der Waals surface area contributed by atoms with Crippen molar-refractivity contribution in [2.75, 3.05) is 5.32 Å². The van der Waals surface area contributed by atoms with E-state index in [4.69, 9.17) is 11.6 Å². The molecule has 1 aromatic rings. The van der Waals surface area contributed by atoms with E-state index in [2.05, 4.69) is 33.4 Å². The van der Waals surface area contributed by atoms with E-state index in [-0.39, 0.29) is 0 Å². The minimum absolute atomic E-state index is 0.687. The van der Waals surface area contributed by atoms with Gasteiger partial charge in [-0.25, -0.2) is 0 Å². The first-order valence-electron chi connectivity index (χ1n) is 5.94. The lowest BCUT2D eigenvalue weighted by atomic mass is 9.95. The van der Waals surface area contributed by atoms with Gasteiger partial charge in [0.05, 0.1) is 5.02 Å². The van der Waals surface area contributed by atoms with E-state index >= 15 is 0 Å². The van der Waals surface area contributed by atoms with Gasteiger partial charge in [-0.05, 0) is 65.2 Å². The highest BCUT2D eigenvalue weighted by Gasteiger charge is 2.39. The van der Waals surface area contributed by atoms with Crippen molar-refractivity contribution in [2.45, 2.75) is 31.7 Å².